The third kappa shape index (κ3) is 7.92. The Morgan fingerprint density at radius 1 is 0.979 bits per heavy atom. The van der Waals surface area contributed by atoms with Gasteiger partial charge in [-0.3, -0.25) is 9.99 Å². The predicted molar refractivity (Wildman–Crippen MR) is 174 cm³/mol. The normalized spacial score (nSPS) is 13.2. The number of ether oxygens (including phenoxy) is 1. The molecule has 15 heteroatoms. The summed E-state index contributed by atoms with van der Waals surface area (Å²) in [6, 6.07) is 18.3. The molecule has 47 heavy (non-hydrogen) atoms. The average molecular weight is 688 g/mol. The zero-order valence-electron chi connectivity index (χ0n) is 25.6. The maximum absolute atomic E-state index is 13.2. The molecule has 1 unspecified atom stereocenters. The van der Waals surface area contributed by atoms with Crippen molar-refractivity contribution in [1.29, 1.82) is 0 Å². The van der Waals surface area contributed by atoms with Crippen LogP contribution in [-0.4, -0.2) is 36.7 Å². The monoisotopic (exact) mass is 687 g/mol. The third-order valence-electron chi connectivity index (χ3n) is 7.09. The lowest BCUT2D eigenvalue weighted by Gasteiger charge is -2.20. The van der Waals surface area contributed by atoms with Gasteiger partial charge in [-0.05, 0) is 79.0 Å². The van der Waals surface area contributed by atoms with Crippen molar-refractivity contribution < 1.29 is 26.7 Å². The van der Waals surface area contributed by atoms with Crippen LogP contribution in [0, 0.1) is 6.92 Å². The van der Waals surface area contributed by atoms with E-state index in [1.165, 1.54) is 40.0 Å². The van der Waals surface area contributed by atoms with E-state index < -0.39 is 18.0 Å². The van der Waals surface area contributed by atoms with Crippen LogP contribution in [0.3, 0.4) is 0 Å². The molecule has 0 aliphatic heterocycles. The number of hydrogen-bond donors (Lipinski definition) is 2. The number of thiazole rings is 1. The number of thiocarbonyl (C=S) groups is 1. The Morgan fingerprint density at radius 3 is 2.34 bits per heavy atom. The SMILES string of the molecule is Cc1ccc(C(C)C)c(-n2ccsc2=NC(=S)NNC(C)c2ccc(-c3ncn(-c4ccc(OC(F)(F)C(F)(F)F)cc4)n3)cc2)c1. The fourth-order valence-electron chi connectivity index (χ4n) is 4.57. The molecule has 5 aromatic rings. The van der Waals surface area contributed by atoms with Crippen molar-refractivity contribution >= 4 is 28.7 Å². The van der Waals surface area contributed by atoms with Crippen molar-refractivity contribution in [3.05, 3.63) is 106 Å². The van der Waals surface area contributed by atoms with Crippen LogP contribution in [0.1, 0.15) is 49.4 Å². The summed E-state index contributed by atoms with van der Waals surface area (Å²) in [5.74, 6) is 0.0842. The van der Waals surface area contributed by atoms with E-state index in [2.05, 4.69) is 69.6 Å². The van der Waals surface area contributed by atoms with Crippen molar-refractivity contribution in [2.24, 2.45) is 4.99 Å². The molecule has 0 aliphatic carbocycles. The minimum atomic E-state index is -5.83. The molecule has 2 aromatic heterocycles. The second-order valence-corrected chi connectivity index (χ2v) is 12.2. The second-order valence-electron chi connectivity index (χ2n) is 10.9. The lowest BCUT2D eigenvalue weighted by molar-refractivity contribution is -0.360. The van der Waals surface area contributed by atoms with Gasteiger partial charge in [0.2, 0.25) is 5.11 Å². The van der Waals surface area contributed by atoms with E-state index >= 15 is 0 Å². The van der Waals surface area contributed by atoms with Gasteiger partial charge in [0.1, 0.15) is 12.1 Å². The number of halogens is 5. The van der Waals surface area contributed by atoms with Gasteiger partial charge in [-0.15, -0.1) is 16.4 Å². The molecule has 0 spiro atoms. The van der Waals surface area contributed by atoms with Crippen molar-refractivity contribution in [3.63, 3.8) is 0 Å². The van der Waals surface area contributed by atoms with Crippen LogP contribution < -0.4 is 20.4 Å². The van der Waals surface area contributed by atoms with E-state index in [1.807, 2.05) is 47.3 Å². The molecule has 3 aromatic carbocycles. The highest BCUT2D eigenvalue weighted by Gasteiger charge is 2.61. The van der Waals surface area contributed by atoms with Crippen molar-refractivity contribution in [3.8, 4) is 28.5 Å². The first-order valence-corrected chi connectivity index (χ1v) is 15.6. The summed E-state index contributed by atoms with van der Waals surface area (Å²) in [5.41, 5.74) is 11.7. The summed E-state index contributed by atoms with van der Waals surface area (Å²) in [4.78, 5) is 9.67. The summed E-state index contributed by atoms with van der Waals surface area (Å²) in [7, 11) is 0. The molecule has 2 heterocycles. The number of rotatable bonds is 9. The number of benzene rings is 3. The molecule has 0 aliphatic rings. The van der Waals surface area contributed by atoms with Gasteiger partial charge in [-0.2, -0.15) is 26.9 Å². The van der Waals surface area contributed by atoms with E-state index in [9.17, 15) is 22.0 Å². The van der Waals surface area contributed by atoms with Crippen molar-refractivity contribution in [1.82, 2.24) is 30.2 Å². The van der Waals surface area contributed by atoms with Crippen LogP contribution in [-0.2, 0) is 0 Å². The molecule has 5 rings (SSSR count). The Kier molecular flexibility index (Phi) is 9.89. The zero-order chi connectivity index (χ0) is 33.9. The molecule has 8 nitrogen and oxygen atoms in total. The lowest BCUT2D eigenvalue weighted by atomic mass is 9.99. The van der Waals surface area contributed by atoms with Gasteiger partial charge in [0, 0.05) is 23.2 Å². The van der Waals surface area contributed by atoms with Crippen LogP contribution in [0.4, 0.5) is 22.0 Å². The number of aryl methyl sites for hydroxylation is 1. The summed E-state index contributed by atoms with van der Waals surface area (Å²) in [6.07, 6.45) is -7.75. The third-order valence-corrected chi connectivity index (χ3v) is 8.04. The van der Waals surface area contributed by atoms with Crippen LogP contribution in [0.15, 0.2) is 89.6 Å². The van der Waals surface area contributed by atoms with Gasteiger partial charge in [-0.1, -0.05) is 50.2 Å². The number of aromatic nitrogens is 4. The first kappa shape index (κ1) is 33.9. The quantitative estimate of drug-likeness (QED) is 0.0936. The molecule has 0 radical (unpaired) electrons. The van der Waals surface area contributed by atoms with E-state index in [0.29, 0.717) is 23.0 Å². The van der Waals surface area contributed by atoms with Gasteiger partial charge < -0.3 is 4.74 Å². The Hall–Kier alpha value is -4.47. The van der Waals surface area contributed by atoms with Gasteiger partial charge in [0.05, 0.1) is 11.4 Å². The first-order valence-electron chi connectivity index (χ1n) is 14.3. The van der Waals surface area contributed by atoms with Crippen molar-refractivity contribution in [2.75, 3.05) is 0 Å². The van der Waals surface area contributed by atoms with Crippen LogP contribution >= 0.6 is 23.6 Å². The molecule has 0 fully saturated rings. The number of alkyl halides is 5. The maximum atomic E-state index is 13.2. The minimum absolute atomic E-state index is 0.145. The Labute approximate surface area is 276 Å². The minimum Gasteiger partial charge on any atom is -0.426 e. The van der Waals surface area contributed by atoms with Gasteiger partial charge >= 0.3 is 12.3 Å². The van der Waals surface area contributed by atoms with E-state index in [1.54, 1.807) is 0 Å². The van der Waals surface area contributed by atoms with Crippen molar-refractivity contribution in [2.45, 2.75) is 51.9 Å². The highest BCUT2D eigenvalue weighted by molar-refractivity contribution is 7.80. The molecule has 0 saturated carbocycles. The molecule has 0 bridgehead atoms. The predicted octanol–water partition coefficient (Wildman–Crippen LogP) is 7.79. The largest absolute Gasteiger partial charge is 0.499 e. The molecule has 246 valence electrons. The zero-order valence-corrected chi connectivity index (χ0v) is 27.2. The Bertz CT molecular complexity index is 1910. The lowest BCUT2D eigenvalue weighted by Crippen LogP contribution is -2.41. The number of hydrazine groups is 1. The second kappa shape index (κ2) is 13.7. The fourth-order valence-corrected chi connectivity index (χ4v) is 5.49. The van der Waals surface area contributed by atoms with E-state index in [-0.39, 0.29) is 11.2 Å². The summed E-state index contributed by atoms with van der Waals surface area (Å²) in [6.45, 7) is 8.34. The van der Waals surface area contributed by atoms with Crippen LogP contribution in [0.25, 0.3) is 22.8 Å². The molecule has 1 atom stereocenters. The van der Waals surface area contributed by atoms with Gasteiger partial charge in [0.25, 0.3) is 0 Å². The summed E-state index contributed by atoms with van der Waals surface area (Å²) in [5, 5.41) is 6.65. The highest BCUT2D eigenvalue weighted by Crippen LogP contribution is 2.37. The fraction of sp³-hybridized carbons (Fsp3) is 0.250. The Balaban J connectivity index is 1.21. The van der Waals surface area contributed by atoms with Crippen LogP contribution in [0.2, 0.25) is 0 Å². The molecule has 2 N–H and O–H groups in total. The average Bonchev–Trinajstić information content (AvgIpc) is 3.70. The number of nitrogens with one attached hydrogen (secondary N) is 2. The van der Waals surface area contributed by atoms with E-state index in [0.717, 1.165) is 33.7 Å². The number of nitrogens with zero attached hydrogens (tertiary/aromatic N) is 5. The smallest absolute Gasteiger partial charge is 0.426 e. The number of hydrogen-bond acceptors (Lipinski definition) is 6. The first-order chi connectivity index (χ1) is 22.2. The summed E-state index contributed by atoms with van der Waals surface area (Å²) < 4.78 is 70.8. The Morgan fingerprint density at radius 2 is 1.68 bits per heavy atom. The summed E-state index contributed by atoms with van der Waals surface area (Å²) >= 11 is 7.00. The molecular weight excluding hydrogens is 658 g/mol. The van der Waals surface area contributed by atoms with Gasteiger partial charge in [0.15, 0.2) is 10.6 Å². The molecule has 0 amide bonds. The molecular formula is C32H30F5N7OS2. The van der Waals surface area contributed by atoms with Gasteiger partial charge in [-0.25, -0.2) is 15.1 Å². The van der Waals surface area contributed by atoms with E-state index in [4.69, 9.17) is 12.2 Å². The van der Waals surface area contributed by atoms with Crippen LogP contribution in [0.5, 0.6) is 5.75 Å². The highest BCUT2D eigenvalue weighted by atomic mass is 32.1. The molecule has 0 saturated heterocycles. The topological polar surface area (TPSA) is 81.3 Å². The maximum Gasteiger partial charge on any atom is 0.499 e. The standard InChI is InChI=1S/C32H30F5N7OS2/c1-19(2)26-14-5-20(3)17-27(26)43-15-16-47-30(43)39-29(46)41-40-21(4)22-6-8-23(9-7-22)28-38-18-44(42-28)24-10-12-25(13-11-24)45-32(36,37)31(33,34)35/h5-19,21,40H,1-4H3,(H,41,46).